The van der Waals surface area contributed by atoms with Crippen molar-refractivity contribution < 1.29 is 4.79 Å². The summed E-state index contributed by atoms with van der Waals surface area (Å²) in [6, 6.07) is 25.4. The third kappa shape index (κ3) is 3.39. The van der Waals surface area contributed by atoms with Crippen LogP contribution in [0.25, 0.3) is 28.3 Å². The van der Waals surface area contributed by atoms with Gasteiger partial charge in [-0.05, 0) is 17.5 Å². The van der Waals surface area contributed by atoms with Gasteiger partial charge in [0, 0.05) is 11.1 Å². The van der Waals surface area contributed by atoms with E-state index in [1.54, 1.807) is 10.6 Å². The molecule has 1 amide bonds. The second-order valence-electron chi connectivity index (χ2n) is 6.34. The van der Waals surface area contributed by atoms with Crippen molar-refractivity contribution in [2.45, 2.75) is 0 Å². The van der Waals surface area contributed by atoms with E-state index in [1.807, 2.05) is 78.2 Å². The second-order valence-corrected chi connectivity index (χ2v) is 7.29. The first-order valence-corrected chi connectivity index (χ1v) is 9.89. The van der Waals surface area contributed by atoms with Gasteiger partial charge in [0.2, 0.25) is 0 Å². The van der Waals surface area contributed by atoms with E-state index in [2.05, 4.69) is 20.4 Å². The Morgan fingerprint density at radius 1 is 0.862 bits per heavy atom. The molecule has 0 aliphatic carbocycles. The van der Waals surface area contributed by atoms with Crippen molar-refractivity contribution in [1.29, 1.82) is 0 Å². The minimum atomic E-state index is -0.236. The summed E-state index contributed by atoms with van der Waals surface area (Å²) in [7, 11) is 0. The second kappa shape index (κ2) is 7.29. The number of carbonyl (C=O) groups is 1. The van der Waals surface area contributed by atoms with Gasteiger partial charge < -0.3 is 0 Å². The summed E-state index contributed by atoms with van der Waals surface area (Å²) in [5.74, 6) is 0.408. The van der Waals surface area contributed by atoms with Crippen molar-refractivity contribution in [3.8, 4) is 22.5 Å². The number of anilines is 1. The average Bonchev–Trinajstić information content (AvgIpc) is 3.44. The van der Waals surface area contributed by atoms with E-state index in [0.29, 0.717) is 10.7 Å². The number of fused-ring (bicyclic) bond motifs is 1. The number of benzene rings is 2. The molecular formula is C22H15N5OS. The molecule has 0 atom stereocenters. The zero-order valence-corrected chi connectivity index (χ0v) is 16.0. The van der Waals surface area contributed by atoms with E-state index in [9.17, 15) is 4.79 Å². The summed E-state index contributed by atoms with van der Waals surface area (Å²) in [6.45, 7) is 0. The molecule has 1 N–H and O–H groups in total. The van der Waals surface area contributed by atoms with Crippen LogP contribution in [0.15, 0.2) is 84.2 Å². The lowest BCUT2D eigenvalue weighted by atomic mass is 10.1. The Hall–Kier alpha value is -3.84. The van der Waals surface area contributed by atoms with Crippen molar-refractivity contribution in [3.63, 3.8) is 0 Å². The molecule has 29 heavy (non-hydrogen) atoms. The van der Waals surface area contributed by atoms with Gasteiger partial charge in [0.25, 0.3) is 17.6 Å². The van der Waals surface area contributed by atoms with Crippen LogP contribution in [-0.4, -0.2) is 25.5 Å². The highest BCUT2D eigenvalue weighted by Gasteiger charge is 2.16. The molecule has 6 nitrogen and oxygen atoms in total. The highest BCUT2D eigenvalue weighted by Crippen LogP contribution is 2.26. The normalized spacial score (nSPS) is 10.9. The Balaban J connectivity index is 1.64. The van der Waals surface area contributed by atoms with Crippen LogP contribution in [0.4, 0.5) is 5.95 Å². The van der Waals surface area contributed by atoms with Crippen molar-refractivity contribution in [3.05, 3.63) is 89.1 Å². The highest BCUT2D eigenvalue weighted by atomic mass is 32.1. The number of rotatable bonds is 4. The van der Waals surface area contributed by atoms with Crippen LogP contribution in [0, 0.1) is 0 Å². The highest BCUT2D eigenvalue weighted by molar-refractivity contribution is 7.12. The molecule has 7 heteroatoms. The molecule has 3 heterocycles. The molecule has 0 aliphatic rings. The lowest BCUT2D eigenvalue weighted by molar-refractivity contribution is 0.102. The standard InChI is InChI=1S/C22H15N5OS/c28-20(19-12-7-13-29-19)24-21-25-22-23-17(15-8-3-1-4-9-15)14-18(27(22)26-21)16-10-5-2-6-11-16/h1-14H,(H,24,26,28). The fraction of sp³-hybridized carbons (Fsp3) is 0. The van der Waals surface area contributed by atoms with Crippen LogP contribution in [0.1, 0.15) is 9.67 Å². The first kappa shape index (κ1) is 17.3. The van der Waals surface area contributed by atoms with Crippen molar-refractivity contribution in [2.24, 2.45) is 0 Å². The maximum absolute atomic E-state index is 12.4. The lowest BCUT2D eigenvalue weighted by Gasteiger charge is -2.07. The van der Waals surface area contributed by atoms with Gasteiger partial charge in [0.1, 0.15) is 0 Å². The maximum atomic E-state index is 12.4. The van der Waals surface area contributed by atoms with Gasteiger partial charge in [-0.3, -0.25) is 10.1 Å². The van der Waals surface area contributed by atoms with Gasteiger partial charge in [-0.1, -0.05) is 66.7 Å². The van der Waals surface area contributed by atoms with Crippen LogP contribution in [0.2, 0.25) is 0 Å². The summed E-state index contributed by atoms with van der Waals surface area (Å²) >= 11 is 1.37. The molecule has 2 aromatic carbocycles. The molecule has 0 saturated carbocycles. The number of hydrogen-bond donors (Lipinski definition) is 1. The largest absolute Gasteiger partial charge is 0.288 e. The molecule has 3 aromatic heterocycles. The zero-order valence-electron chi connectivity index (χ0n) is 15.2. The topological polar surface area (TPSA) is 72.2 Å². The molecule has 0 aliphatic heterocycles. The fourth-order valence-corrected chi connectivity index (χ4v) is 3.68. The predicted molar refractivity (Wildman–Crippen MR) is 114 cm³/mol. The van der Waals surface area contributed by atoms with E-state index in [-0.39, 0.29) is 11.9 Å². The number of nitrogens with one attached hydrogen (secondary N) is 1. The molecule has 140 valence electrons. The minimum Gasteiger partial charge on any atom is -0.288 e. The van der Waals surface area contributed by atoms with Gasteiger partial charge in [-0.15, -0.1) is 16.4 Å². The zero-order chi connectivity index (χ0) is 19.6. The first-order chi connectivity index (χ1) is 14.3. The van der Waals surface area contributed by atoms with Crippen LogP contribution >= 0.6 is 11.3 Å². The van der Waals surface area contributed by atoms with Crippen molar-refractivity contribution >= 4 is 29.0 Å². The summed E-state index contributed by atoms with van der Waals surface area (Å²) in [4.78, 5) is 22.1. The maximum Gasteiger partial charge on any atom is 0.268 e. The number of nitrogens with zero attached hydrogens (tertiary/aromatic N) is 4. The Labute approximate surface area is 170 Å². The smallest absolute Gasteiger partial charge is 0.268 e. The molecule has 0 spiro atoms. The molecule has 0 saturated heterocycles. The Bertz CT molecular complexity index is 1280. The van der Waals surface area contributed by atoms with Gasteiger partial charge in [-0.25, -0.2) is 4.98 Å². The summed E-state index contributed by atoms with van der Waals surface area (Å²) in [6.07, 6.45) is 0. The average molecular weight is 397 g/mol. The summed E-state index contributed by atoms with van der Waals surface area (Å²) in [5.41, 5.74) is 3.61. The molecular weight excluding hydrogens is 382 g/mol. The van der Waals surface area contributed by atoms with E-state index in [4.69, 9.17) is 0 Å². The van der Waals surface area contributed by atoms with E-state index >= 15 is 0 Å². The van der Waals surface area contributed by atoms with Gasteiger partial charge in [0.15, 0.2) is 0 Å². The Morgan fingerprint density at radius 3 is 2.28 bits per heavy atom. The third-order valence-electron chi connectivity index (χ3n) is 4.42. The monoisotopic (exact) mass is 397 g/mol. The van der Waals surface area contributed by atoms with Crippen molar-refractivity contribution in [2.75, 3.05) is 5.32 Å². The molecule has 0 radical (unpaired) electrons. The van der Waals surface area contributed by atoms with Gasteiger partial charge in [0.05, 0.1) is 16.3 Å². The van der Waals surface area contributed by atoms with Crippen LogP contribution < -0.4 is 5.32 Å². The first-order valence-electron chi connectivity index (χ1n) is 9.01. The van der Waals surface area contributed by atoms with Crippen LogP contribution in [0.5, 0.6) is 0 Å². The number of amides is 1. The van der Waals surface area contributed by atoms with E-state index < -0.39 is 0 Å². The predicted octanol–water partition coefficient (Wildman–Crippen LogP) is 4.77. The molecule has 5 rings (SSSR count). The Kier molecular flexibility index (Phi) is 4.34. The van der Waals surface area contributed by atoms with Gasteiger partial charge >= 0.3 is 0 Å². The minimum absolute atomic E-state index is 0.221. The molecule has 0 bridgehead atoms. The summed E-state index contributed by atoms with van der Waals surface area (Å²) < 4.78 is 1.66. The quantitative estimate of drug-likeness (QED) is 0.474. The summed E-state index contributed by atoms with van der Waals surface area (Å²) in [5, 5.41) is 9.10. The number of hydrogen-bond acceptors (Lipinski definition) is 5. The van der Waals surface area contributed by atoms with E-state index in [0.717, 1.165) is 22.5 Å². The third-order valence-corrected chi connectivity index (χ3v) is 5.29. The molecule has 5 aromatic rings. The van der Waals surface area contributed by atoms with Crippen LogP contribution in [0.3, 0.4) is 0 Å². The fourth-order valence-electron chi connectivity index (χ4n) is 3.06. The molecule has 0 unspecified atom stereocenters. The molecule has 0 fully saturated rings. The number of aromatic nitrogens is 4. The van der Waals surface area contributed by atoms with E-state index in [1.165, 1.54) is 11.3 Å². The van der Waals surface area contributed by atoms with Crippen LogP contribution in [-0.2, 0) is 0 Å². The number of thiophene rings is 1. The lowest BCUT2D eigenvalue weighted by Crippen LogP contribution is -2.11. The number of carbonyl (C=O) groups excluding carboxylic acids is 1. The SMILES string of the molecule is O=C(Nc1nc2nc(-c3ccccc3)cc(-c3ccccc3)n2n1)c1cccs1. The van der Waals surface area contributed by atoms with Gasteiger partial charge in [-0.2, -0.15) is 9.50 Å². The Morgan fingerprint density at radius 2 is 1.59 bits per heavy atom. The van der Waals surface area contributed by atoms with Crippen molar-refractivity contribution in [1.82, 2.24) is 19.6 Å².